The van der Waals surface area contributed by atoms with Gasteiger partial charge in [-0.1, -0.05) is 18.2 Å². The molecule has 0 saturated carbocycles. The number of amides is 1. The first-order chi connectivity index (χ1) is 12.7. The van der Waals surface area contributed by atoms with Gasteiger partial charge in [0.05, 0.1) is 5.41 Å². The minimum atomic E-state index is -1.24. The molecule has 27 heavy (non-hydrogen) atoms. The lowest BCUT2D eigenvalue weighted by molar-refractivity contribution is -0.138. The van der Waals surface area contributed by atoms with Gasteiger partial charge in [0, 0.05) is 18.0 Å². The van der Waals surface area contributed by atoms with Crippen molar-refractivity contribution < 1.29 is 24.6 Å². The second-order valence-electron chi connectivity index (χ2n) is 6.76. The topological polar surface area (TPSA) is 117 Å². The predicted octanol–water partition coefficient (Wildman–Crippen LogP) is 2.08. The Hall–Kier alpha value is -3.48. The zero-order chi connectivity index (χ0) is 19.8. The number of nitrogens with zero attached hydrogens (tertiary/aromatic N) is 1. The van der Waals surface area contributed by atoms with E-state index in [0.717, 1.165) is 11.1 Å². The zero-order valence-corrected chi connectivity index (χ0v) is 14.8. The van der Waals surface area contributed by atoms with Gasteiger partial charge in [0.1, 0.15) is 17.9 Å². The molecule has 1 aromatic carbocycles. The van der Waals surface area contributed by atoms with Crippen molar-refractivity contribution >= 4 is 23.4 Å². The summed E-state index contributed by atoms with van der Waals surface area (Å²) < 4.78 is 0. The van der Waals surface area contributed by atoms with Gasteiger partial charge >= 0.3 is 5.97 Å². The summed E-state index contributed by atoms with van der Waals surface area (Å²) in [4.78, 5) is 40.0. The Balaban J connectivity index is 2.11. The van der Waals surface area contributed by atoms with Crippen molar-refractivity contribution in [3.63, 3.8) is 0 Å². The normalized spacial score (nSPS) is 15.3. The highest BCUT2D eigenvalue weighted by Crippen LogP contribution is 2.41. The number of carboxylic acids is 1. The fourth-order valence-corrected chi connectivity index (χ4v) is 3.11. The minimum absolute atomic E-state index is 0.368. The number of rotatable bonds is 4. The summed E-state index contributed by atoms with van der Waals surface area (Å²) in [6.45, 7) is 2.69. The molecule has 1 aliphatic carbocycles. The van der Waals surface area contributed by atoms with Crippen molar-refractivity contribution in [1.29, 1.82) is 0 Å². The van der Waals surface area contributed by atoms with Gasteiger partial charge in [-0.2, -0.15) is 0 Å². The van der Waals surface area contributed by atoms with Crippen LogP contribution < -0.4 is 5.32 Å². The van der Waals surface area contributed by atoms with Crippen molar-refractivity contribution in [1.82, 2.24) is 10.3 Å². The van der Waals surface area contributed by atoms with Gasteiger partial charge in [0.15, 0.2) is 5.78 Å². The lowest BCUT2D eigenvalue weighted by atomic mass is 9.70. The number of carboxylic acid groups (broad SMARTS) is 1. The number of hydrogen-bond donors (Lipinski definition) is 3. The standard InChI is InChI=1S/C20H18N2O5/c1-20(2)14-8-11(12-4-3-7-21-9-12)5-6-13(14)17(25)16(18(20)26)19(27)22-10-15(23)24/h3-9,25H,10H2,1-2H3,(H,22,27)(H,23,24). The molecular weight excluding hydrogens is 348 g/mol. The van der Waals surface area contributed by atoms with Crippen molar-refractivity contribution in [2.75, 3.05) is 6.54 Å². The van der Waals surface area contributed by atoms with Gasteiger partial charge in [-0.15, -0.1) is 0 Å². The number of aliphatic carboxylic acids is 1. The molecule has 3 rings (SSSR count). The number of Topliss-reactive ketones (excluding diaryl/α,β-unsaturated/α-hetero) is 1. The molecule has 0 radical (unpaired) electrons. The third-order valence-corrected chi connectivity index (χ3v) is 4.60. The maximum absolute atomic E-state index is 12.9. The van der Waals surface area contributed by atoms with Crippen LogP contribution in [-0.2, 0) is 19.8 Å². The maximum atomic E-state index is 12.9. The van der Waals surface area contributed by atoms with Crippen molar-refractivity contribution in [3.8, 4) is 11.1 Å². The van der Waals surface area contributed by atoms with Crippen LogP contribution in [-0.4, -0.2) is 39.4 Å². The number of carbonyl (C=O) groups excluding carboxylic acids is 2. The number of benzene rings is 1. The Kier molecular flexibility index (Phi) is 4.53. The lowest BCUT2D eigenvalue weighted by Gasteiger charge is -2.32. The van der Waals surface area contributed by atoms with Gasteiger partial charge in [0.25, 0.3) is 5.91 Å². The van der Waals surface area contributed by atoms with E-state index in [9.17, 15) is 19.5 Å². The van der Waals surface area contributed by atoms with E-state index in [1.54, 1.807) is 50.5 Å². The summed E-state index contributed by atoms with van der Waals surface area (Å²) in [5, 5.41) is 21.4. The maximum Gasteiger partial charge on any atom is 0.322 e. The summed E-state index contributed by atoms with van der Waals surface area (Å²) in [6, 6.07) is 8.89. The van der Waals surface area contributed by atoms with Crippen LogP contribution in [0.25, 0.3) is 16.9 Å². The number of aromatic nitrogens is 1. The zero-order valence-electron chi connectivity index (χ0n) is 14.8. The molecule has 1 aromatic heterocycles. The van der Waals surface area contributed by atoms with Gasteiger partial charge < -0.3 is 15.5 Å². The van der Waals surface area contributed by atoms with E-state index >= 15 is 0 Å². The van der Waals surface area contributed by atoms with Crippen LogP contribution in [0.15, 0.2) is 48.3 Å². The van der Waals surface area contributed by atoms with Gasteiger partial charge in [-0.3, -0.25) is 19.4 Å². The highest BCUT2D eigenvalue weighted by molar-refractivity contribution is 6.28. The van der Waals surface area contributed by atoms with E-state index in [1.165, 1.54) is 0 Å². The van der Waals surface area contributed by atoms with Crippen LogP contribution in [0.4, 0.5) is 0 Å². The largest absolute Gasteiger partial charge is 0.506 e. The second kappa shape index (κ2) is 6.68. The molecule has 0 atom stereocenters. The quantitative estimate of drug-likeness (QED) is 0.713. The molecule has 0 fully saturated rings. The van der Waals surface area contributed by atoms with Crippen LogP contribution in [0.1, 0.15) is 25.0 Å². The van der Waals surface area contributed by atoms with Gasteiger partial charge in [-0.25, -0.2) is 0 Å². The van der Waals surface area contributed by atoms with Crippen LogP contribution in [0.2, 0.25) is 0 Å². The average Bonchev–Trinajstić information content (AvgIpc) is 2.65. The van der Waals surface area contributed by atoms with Crippen LogP contribution >= 0.6 is 0 Å². The molecule has 0 unspecified atom stereocenters. The van der Waals surface area contributed by atoms with Crippen molar-refractivity contribution in [2.45, 2.75) is 19.3 Å². The number of pyridine rings is 1. The lowest BCUT2D eigenvalue weighted by Crippen LogP contribution is -2.42. The number of carbonyl (C=O) groups is 3. The first-order valence-electron chi connectivity index (χ1n) is 8.27. The number of hydrogen-bond acceptors (Lipinski definition) is 5. The summed E-state index contributed by atoms with van der Waals surface area (Å²) in [5.41, 5.74) is 1.14. The van der Waals surface area contributed by atoms with E-state index in [4.69, 9.17) is 5.11 Å². The Labute approximate surface area is 155 Å². The predicted molar refractivity (Wildman–Crippen MR) is 97.9 cm³/mol. The van der Waals surface area contributed by atoms with E-state index in [-0.39, 0.29) is 0 Å². The van der Waals surface area contributed by atoms with Crippen molar-refractivity contribution in [3.05, 3.63) is 59.4 Å². The number of nitrogens with one attached hydrogen (secondary N) is 1. The molecule has 0 spiro atoms. The Bertz CT molecular complexity index is 977. The molecule has 0 saturated heterocycles. The molecule has 2 aromatic rings. The van der Waals surface area contributed by atoms with Gasteiger partial charge in [0.2, 0.25) is 0 Å². The molecule has 1 heterocycles. The van der Waals surface area contributed by atoms with Gasteiger partial charge in [-0.05, 0) is 42.7 Å². The number of aliphatic hydroxyl groups is 1. The highest BCUT2D eigenvalue weighted by Gasteiger charge is 2.43. The molecule has 0 aliphatic heterocycles. The average molecular weight is 366 g/mol. The summed E-state index contributed by atoms with van der Waals surface area (Å²) >= 11 is 0. The third-order valence-electron chi connectivity index (χ3n) is 4.60. The first kappa shape index (κ1) is 18.3. The SMILES string of the molecule is CC1(C)C(=O)C(C(=O)NCC(=O)O)=C(O)c2ccc(-c3cccnc3)cc21. The third kappa shape index (κ3) is 3.19. The number of ketones is 1. The summed E-state index contributed by atoms with van der Waals surface area (Å²) in [7, 11) is 0. The monoisotopic (exact) mass is 366 g/mol. The molecule has 1 aliphatic rings. The molecule has 138 valence electrons. The van der Waals surface area contributed by atoms with Crippen molar-refractivity contribution in [2.24, 2.45) is 0 Å². The summed E-state index contributed by atoms with van der Waals surface area (Å²) in [5.74, 6) is -3.17. The fourth-order valence-electron chi connectivity index (χ4n) is 3.11. The van der Waals surface area contributed by atoms with E-state index in [1.807, 2.05) is 6.07 Å². The van der Waals surface area contributed by atoms with E-state index in [0.29, 0.717) is 11.1 Å². The molecule has 7 heteroatoms. The Morgan fingerprint density at radius 3 is 2.56 bits per heavy atom. The van der Waals surface area contributed by atoms with Crippen LogP contribution in [0.5, 0.6) is 0 Å². The molecular formula is C20H18N2O5. The summed E-state index contributed by atoms with van der Waals surface area (Å²) in [6.07, 6.45) is 3.35. The Morgan fingerprint density at radius 2 is 1.93 bits per heavy atom. The second-order valence-corrected chi connectivity index (χ2v) is 6.76. The van der Waals surface area contributed by atoms with E-state index in [2.05, 4.69) is 10.3 Å². The molecule has 0 bridgehead atoms. The molecule has 3 N–H and O–H groups in total. The fraction of sp³-hybridized carbons (Fsp3) is 0.200. The highest BCUT2D eigenvalue weighted by atomic mass is 16.4. The van der Waals surface area contributed by atoms with Crippen LogP contribution in [0.3, 0.4) is 0 Å². The molecule has 1 amide bonds. The molecule has 7 nitrogen and oxygen atoms in total. The Morgan fingerprint density at radius 1 is 1.19 bits per heavy atom. The number of aliphatic hydroxyl groups excluding tert-OH is 1. The minimum Gasteiger partial charge on any atom is -0.506 e. The van der Waals surface area contributed by atoms with Crippen LogP contribution in [0, 0.1) is 0 Å². The smallest absolute Gasteiger partial charge is 0.322 e. The first-order valence-corrected chi connectivity index (χ1v) is 8.27. The van der Waals surface area contributed by atoms with E-state index < -0.39 is 41.0 Å². The number of fused-ring (bicyclic) bond motifs is 1.